The maximum absolute atomic E-state index is 12.0. The molecule has 1 aliphatic rings. The summed E-state index contributed by atoms with van der Waals surface area (Å²) in [5, 5.41) is 6.14. The first-order valence-corrected chi connectivity index (χ1v) is 6.89. The Morgan fingerprint density at radius 1 is 1.40 bits per heavy atom. The van der Waals surface area contributed by atoms with Crippen LogP contribution in [0.2, 0.25) is 0 Å². The number of nitrogens with one attached hydrogen (secondary N) is 2. The van der Waals surface area contributed by atoms with E-state index in [9.17, 15) is 4.79 Å². The van der Waals surface area contributed by atoms with E-state index in [0.29, 0.717) is 0 Å². The number of carbonyl (C=O) groups is 1. The fourth-order valence-electron chi connectivity index (χ4n) is 2.49. The highest BCUT2D eigenvalue weighted by Gasteiger charge is 2.21. The molecule has 1 atom stereocenters. The van der Waals surface area contributed by atoms with E-state index in [1.165, 1.54) is 0 Å². The molecule has 0 spiro atoms. The van der Waals surface area contributed by atoms with Crippen molar-refractivity contribution in [1.29, 1.82) is 0 Å². The largest absolute Gasteiger partial charge is 0.325 e. The van der Waals surface area contributed by atoms with Gasteiger partial charge in [-0.3, -0.25) is 4.79 Å². The quantitative estimate of drug-likeness (QED) is 0.895. The third-order valence-corrected chi connectivity index (χ3v) is 3.62. The van der Waals surface area contributed by atoms with Gasteiger partial charge in [-0.25, -0.2) is 4.98 Å². The zero-order valence-corrected chi connectivity index (χ0v) is 11.5. The van der Waals surface area contributed by atoms with E-state index in [4.69, 9.17) is 0 Å². The summed E-state index contributed by atoms with van der Waals surface area (Å²) < 4.78 is 2.00. The molecule has 5 nitrogen and oxygen atoms in total. The highest BCUT2D eigenvalue weighted by atomic mass is 16.2. The van der Waals surface area contributed by atoms with Crippen LogP contribution in [0.5, 0.6) is 0 Å². The van der Waals surface area contributed by atoms with Crippen molar-refractivity contribution in [2.24, 2.45) is 0 Å². The lowest BCUT2D eigenvalue weighted by atomic mass is 10.2. The van der Waals surface area contributed by atoms with E-state index in [0.717, 1.165) is 36.6 Å². The number of hydrogen-bond acceptors (Lipinski definition) is 3. The summed E-state index contributed by atoms with van der Waals surface area (Å²) in [6, 6.07) is 7.74. The summed E-state index contributed by atoms with van der Waals surface area (Å²) >= 11 is 0. The van der Waals surface area contributed by atoms with Crippen molar-refractivity contribution in [1.82, 2.24) is 14.9 Å². The normalized spacial score (nSPS) is 18.1. The van der Waals surface area contributed by atoms with Crippen molar-refractivity contribution in [3.63, 3.8) is 0 Å². The molecule has 0 bridgehead atoms. The molecule has 5 heteroatoms. The second-order valence-electron chi connectivity index (χ2n) is 5.03. The van der Waals surface area contributed by atoms with Crippen molar-refractivity contribution in [2.75, 3.05) is 11.9 Å². The van der Waals surface area contributed by atoms with E-state index >= 15 is 0 Å². The Balaban J connectivity index is 1.70. The summed E-state index contributed by atoms with van der Waals surface area (Å²) in [5.74, 6) is 0.992. The number of anilines is 1. The third kappa shape index (κ3) is 2.58. The number of aryl methyl sites for hydroxylation is 1. The van der Waals surface area contributed by atoms with Crippen LogP contribution in [-0.4, -0.2) is 28.0 Å². The van der Waals surface area contributed by atoms with Gasteiger partial charge < -0.3 is 15.2 Å². The van der Waals surface area contributed by atoms with Crippen molar-refractivity contribution in [3.05, 3.63) is 42.5 Å². The molecule has 0 unspecified atom stereocenters. The molecule has 1 aromatic heterocycles. The summed E-state index contributed by atoms with van der Waals surface area (Å²) in [6.45, 7) is 2.89. The lowest BCUT2D eigenvalue weighted by molar-refractivity contribution is -0.117. The van der Waals surface area contributed by atoms with Crippen LogP contribution in [0.3, 0.4) is 0 Å². The van der Waals surface area contributed by atoms with Crippen molar-refractivity contribution >= 4 is 11.6 Å². The number of nitrogens with zero attached hydrogens (tertiary/aromatic N) is 2. The first kappa shape index (κ1) is 12.9. The lowest BCUT2D eigenvalue weighted by Gasteiger charge is -2.12. The highest BCUT2D eigenvalue weighted by Crippen LogP contribution is 2.16. The van der Waals surface area contributed by atoms with E-state index in [-0.39, 0.29) is 11.9 Å². The van der Waals surface area contributed by atoms with Crippen LogP contribution >= 0.6 is 0 Å². The van der Waals surface area contributed by atoms with E-state index < -0.39 is 0 Å². The molecule has 1 aliphatic heterocycles. The maximum atomic E-state index is 12.0. The molecular formula is C15H18N4O. The smallest absolute Gasteiger partial charge is 0.241 e. The van der Waals surface area contributed by atoms with Crippen LogP contribution in [0.25, 0.3) is 5.69 Å². The molecule has 0 aliphatic carbocycles. The fourth-order valence-corrected chi connectivity index (χ4v) is 2.49. The molecule has 104 valence electrons. The maximum Gasteiger partial charge on any atom is 0.241 e. The molecule has 2 heterocycles. The predicted molar refractivity (Wildman–Crippen MR) is 78.0 cm³/mol. The van der Waals surface area contributed by atoms with Crippen molar-refractivity contribution in [2.45, 2.75) is 25.8 Å². The van der Waals surface area contributed by atoms with Gasteiger partial charge in [0.2, 0.25) is 5.91 Å². The SMILES string of the molecule is Cc1nccn1-c1ccc(NC(=O)[C@@H]2CCCN2)cc1. The zero-order valence-electron chi connectivity index (χ0n) is 11.5. The van der Waals surface area contributed by atoms with Gasteiger partial charge in [-0.1, -0.05) is 0 Å². The number of hydrogen-bond donors (Lipinski definition) is 2. The van der Waals surface area contributed by atoms with Gasteiger partial charge in [0.25, 0.3) is 0 Å². The van der Waals surface area contributed by atoms with Crippen molar-refractivity contribution < 1.29 is 4.79 Å². The second kappa shape index (κ2) is 5.46. The Kier molecular flexibility index (Phi) is 3.52. The minimum atomic E-state index is -0.0504. The summed E-state index contributed by atoms with van der Waals surface area (Å²) in [6.07, 6.45) is 5.68. The number of carbonyl (C=O) groups excluding carboxylic acids is 1. The molecule has 0 saturated carbocycles. The van der Waals surface area contributed by atoms with Crippen LogP contribution in [0, 0.1) is 6.92 Å². The number of rotatable bonds is 3. The number of amides is 1. The second-order valence-corrected chi connectivity index (χ2v) is 5.03. The zero-order chi connectivity index (χ0) is 13.9. The molecule has 1 saturated heterocycles. The average molecular weight is 270 g/mol. The molecule has 1 aromatic carbocycles. The number of imidazole rings is 1. The highest BCUT2D eigenvalue weighted by molar-refractivity contribution is 5.95. The molecule has 20 heavy (non-hydrogen) atoms. The minimum Gasteiger partial charge on any atom is -0.325 e. The molecule has 3 rings (SSSR count). The summed E-state index contributed by atoms with van der Waals surface area (Å²) in [7, 11) is 0. The molecule has 0 radical (unpaired) electrons. The van der Waals surface area contributed by atoms with Crippen LogP contribution in [0.15, 0.2) is 36.7 Å². The number of benzene rings is 1. The van der Waals surface area contributed by atoms with Gasteiger partial charge in [-0.05, 0) is 50.6 Å². The fraction of sp³-hybridized carbons (Fsp3) is 0.333. The lowest BCUT2D eigenvalue weighted by Crippen LogP contribution is -2.35. The van der Waals surface area contributed by atoms with Crippen LogP contribution in [0.4, 0.5) is 5.69 Å². The Hall–Kier alpha value is -2.14. The monoisotopic (exact) mass is 270 g/mol. The van der Waals surface area contributed by atoms with Gasteiger partial charge in [-0.15, -0.1) is 0 Å². The molecule has 2 N–H and O–H groups in total. The predicted octanol–water partition coefficient (Wildman–Crippen LogP) is 1.87. The molecule has 2 aromatic rings. The van der Waals surface area contributed by atoms with Crippen LogP contribution in [0.1, 0.15) is 18.7 Å². The first-order chi connectivity index (χ1) is 9.74. The molecule has 1 amide bonds. The van der Waals surface area contributed by atoms with E-state index in [1.807, 2.05) is 42.0 Å². The number of aromatic nitrogens is 2. The Morgan fingerprint density at radius 2 is 2.20 bits per heavy atom. The van der Waals surface area contributed by atoms with E-state index in [2.05, 4.69) is 15.6 Å². The van der Waals surface area contributed by atoms with Crippen LogP contribution < -0.4 is 10.6 Å². The molecular weight excluding hydrogens is 252 g/mol. The minimum absolute atomic E-state index is 0.0501. The van der Waals surface area contributed by atoms with Gasteiger partial charge >= 0.3 is 0 Å². The van der Waals surface area contributed by atoms with Gasteiger partial charge in [0.05, 0.1) is 6.04 Å². The van der Waals surface area contributed by atoms with Gasteiger partial charge in [0.15, 0.2) is 0 Å². The third-order valence-electron chi connectivity index (χ3n) is 3.62. The summed E-state index contributed by atoms with van der Waals surface area (Å²) in [4.78, 5) is 16.2. The molecule has 1 fully saturated rings. The van der Waals surface area contributed by atoms with E-state index in [1.54, 1.807) is 6.20 Å². The van der Waals surface area contributed by atoms with Gasteiger partial charge in [-0.2, -0.15) is 0 Å². The topological polar surface area (TPSA) is 59.0 Å². The van der Waals surface area contributed by atoms with Gasteiger partial charge in [0, 0.05) is 23.8 Å². The first-order valence-electron chi connectivity index (χ1n) is 6.89. The standard InChI is InChI=1S/C15H18N4O/c1-11-16-9-10-19(11)13-6-4-12(5-7-13)18-15(20)14-3-2-8-17-14/h4-7,9-10,14,17H,2-3,8H2,1H3,(H,18,20)/t14-/m0/s1. The van der Waals surface area contributed by atoms with Crippen molar-refractivity contribution in [3.8, 4) is 5.69 Å². The van der Waals surface area contributed by atoms with Gasteiger partial charge in [0.1, 0.15) is 5.82 Å². The average Bonchev–Trinajstić information content (AvgIpc) is 3.11. The Morgan fingerprint density at radius 3 is 2.80 bits per heavy atom. The van der Waals surface area contributed by atoms with Crippen LogP contribution in [-0.2, 0) is 4.79 Å². The summed E-state index contributed by atoms with van der Waals surface area (Å²) in [5.41, 5.74) is 1.86. The Bertz CT molecular complexity index is 597. The Labute approximate surface area is 118 Å².